The van der Waals surface area contributed by atoms with Crippen LogP contribution in [0.1, 0.15) is 46.1 Å². The first kappa shape index (κ1) is 19.5. The van der Waals surface area contributed by atoms with E-state index in [2.05, 4.69) is 34.4 Å². The maximum Gasteiger partial charge on any atom is 0.315 e. The Bertz CT molecular complexity index is 531. The molecule has 0 bridgehead atoms. The van der Waals surface area contributed by atoms with Gasteiger partial charge in [-0.25, -0.2) is 9.78 Å². The fourth-order valence-corrected chi connectivity index (χ4v) is 3.04. The van der Waals surface area contributed by atoms with Crippen LogP contribution in [0.25, 0.3) is 0 Å². The van der Waals surface area contributed by atoms with Gasteiger partial charge in [-0.3, -0.25) is 0 Å². The molecule has 2 amide bonds. The average Bonchev–Trinajstić information content (AvgIpc) is 2.59. The van der Waals surface area contributed by atoms with Crippen molar-refractivity contribution in [3.63, 3.8) is 0 Å². The Hall–Kier alpha value is -1.82. The third kappa shape index (κ3) is 6.90. The SMILES string of the molecule is CC(C)Oc1ccc(CNC(=O)NC[C@H]2CCCN(C(C)C)C2)cn1. The van der Waals surface area contributed by atoms with Gasteiger partial charge >= 0.3 is 6.03 Å². The van der Waals surface area contributed by atoms with Gasteiger partial charge in [0, 0.05) is 37.9 Å². The van der Waals surface area contributed by atoms with Crippen molar-refractivity contribution in [1.82, 2.24) is 20.5 Å². The van der Waals surface area contributed by atoms with Crippen LogP contribution in [0.5, 0.6) is 5.88 Å². The Kier molecular flexibility index (Phi) is 7.50. The van der Waals surface area contributed by atoms with E-state index in [1.54, 1.807) is 6.20 Å². The quantitative estimate of drug-likeness (QED) is 0.795. The predicted octanol–water partition coefficient (Wildman–Crippen LogP) is 2.79. The van der Waals surface area contributed by atoms with E-state index in [4.69, 9.17) is 4.74 Å². The summed E-state index contributed by atoms with van der Waals surface area (Å²) >= 11 is 0. The molecular formula is C19H32N4O2. The summed E-state index contributed by atoms with van der Waals surface area (Å²) in [7, 11) is 0. The highest BCUT2D eigenvalue weighted by Crippen LogP contribution is 2.17. The molecule has 0 saturated carbocycles. The van der Waals surface area contributed by atoms with Crippen LogP contribution in [0.2, 0.25) is 0 Å². The molecule has 140 valence electrons. The first-order valence-corrected chi connectivity index (χ1v) is 9.31. The van der Waals surface area contributed by atoms with Crippen LogP contribution >= 0.6 is 0 Å². The number of amides is 2. The topological polar surface area (TPSA) is 66.5 Å². The zero-order valence-corrected chi connectivity index (χ0v) is 15.9. The number of piperidine rings is 1. The van der Waals surface area contributed by atoms with Gasteiger partial charge in [-0.2, -0.15) is 0 Å². The van der Waals surface area contributed by atoms with Crippen molar-refractivity contribution in [1.29, 1.82) is 0 Å². The van der Waals surface area contributed by atoms with Gasteiger partial charge in [-0.05, 0) is 58.6 Å². The lowest BCUT2D eigenvalue weighted by Crippen LogP contribution is -2.45. The summed E-state index contributed by atoms with van der Waals surface area (Å²) in [6.45, 7) is 11.8. The van der Waals surface area contributed by atoms with Crippen LogP contribution in [0, 0.1) is 5.92 Å². The predicted molar refractivity (Wildman–Crippen MR) is 99.7 cm³/mol. The zero-order chi connectivity index (χ0) is 18.2. The number of hydrogen-bond donors (Lipinski definition) is 2. The minimum absolute atomic E-state index is 0.105. The third-order valence-corrected chi connectivity index (χ3v) is 4.44. The number of pyridine rings is 1. The lowest BCUT2D eigenvalue weighted by atomic mass is 9.97. The lowest BCUT2D eigenvalue weighted by Gasteiger charge is -2.35. The Morgan fingerprint density at radius 2 is 2.12 bits per heavy atom. The summed E-state index contributed by atoms with van der Waals surface area (Å²) in [4.78, 5) is 18.7. The van der Waals surface area contributed by atoms with E-state index in [0.29, 0.717) is 24.4 Å². The largest absolute Gasteiger partial charge is 0.475 e. The van der Waals surface area contributed by atoms with E-state index in [1.807, 2.05) is 26.0 Å². The van der Waals surface area contributed by atoms with E-state index >= 15 is 0 Å². The second kappa shape index (κ2) is 9.61. The third-order valence-electron chi connectivity index (χ3n) is 4.44. The number of aromatic nitrogens is 1. The Labute approximate surface area is 151 Å². The van der Waals surface area contributed by atoms with Gasteiger partial charge in [-0.1, -0.05) is 6.07 Å². The van der Waals surface area contributed by atoms with Crippen molar-refractivity contribution >= 4 is 6.03 Å². The molecule has 1 fully saturated rings. The summed E-state index contributed by atoms with van der Waals surface area (Å²) in [5.74, 6) is 1.14. The highest BCUT2D eigenvalue weighted by molar-refractivity contribution is 5.73. The van der Waals surface area contributed by atoms with Gasteiger partial charge in [0.1, 0.15) is 0 Å². The van der Waals surface area contributed by atoms with Crippen LogP contribution in [-0.4, -0.2) is 47.7 Å². The van der Waals surface area contributed by atoms with E-state index in [0.717, 1.165) is 18.7 Å². The molecule has 0 unspecified atom stereocenters. The summed E-state index contributed by atoms with van der Waals surface area (Å²) in [5, 5.41) is 5.89. The maximum atomic E-state index is 12.0. The number of rotatable bonds is 7. The summed E-state index contributed by atoms with van der Waals surface area (Å²) < 4.78 is 5.51. The number of ether oxygens (including phenoxy) is 1. The highest BCUT2D eigenvalue weighted by Gasteiger charge is 2.21. The number of hydrogen-bond acceptors (Lipinski definition) is 4. The second-order valence-corrected chi connectivity index (χ2v) is 7.33. The molecule has 1 saturated heterocycles. The van der Waals surface area contributed by atoms with Gasteiger partial charge < -0.3 is 20.3 Å². The summed E-state index contributed by atoms with van der Waals surface area (Å²) in [6, 6.07) is 4.21. The number of urea groups is 1. The van der Waals surface area contributed by atoms with E-state index in [1.165, 1.54) is 19.4 Å². The number of nitrogens with one attached hydrogen (secondary N) is 2. The second-order valence-electron chi connectivity index (χ2n) is 7.33. The number of likely N-dealkylation sites (tertiary alicyclic amines) is 1. The molecule has 25 heavy (non-hydrogen) atoms. The molecular weight excluding hydrogens is 316 g/mol. The smallest absolute Gasteiger partial charge is 0.315 e. The normalized spacial score (nSPS) is 18.4. The van der Waals surface area contributed by atoms with Crippen molar-refractivity contribution in [3.8, 4) is 5.88 Å². The Balaban J connectivity index is 1.68. The fourth-order valence-electron chi connectivity index (χ4n) is 3.04. The van der Waals surface area contributed by atoms with Gasteiger partial charge in [0.2, 0.25) is 5.88 Å². The molecule has 0 radical (unpaired) electrons. The summed E-state index contributed by atoms with van der Waals surface area (Å²) in [5.41, 5.74) is 0.954. The molecule has 1 atom stereocenters. The van der Waals surface area contributed by atoms with E-state index < -0.39 is 0 Å². The van der Waals surface area contributed by atoms with E-state index in [9.17, 15) is 4.79 Å². The van der Waals surface area contributed by atoms with Crippen LogP contribution in [0.3, 0.4) is 0 Å². The Morgan fingerprint density at radius 1 is 1.32 bits per heavy atom. The van der Waals surface area contributed by atoms with Crippen molar-refractivity contribution in [2.75, 3.05) is 19.6 Å². The van der Waals surface area contributed by atoms with Crippen LogP contribution < -0.4 is 15.4 Å². The van der Waals surface area contributed by atoms with Gasteiger partial charge in [0.25, 0.3) is 0 Å². The molecule has 2 rings (SSSR count). The molecule has 0 spiro atoms. The van der Waals surface area contributed by atoms with Crippen molar-refractivity contribution in [3.05, 3.63) is 23.9 Å². The molecule has 2 N–H and O–H groups in total. The molecule has 6 heteroatoms. The van der Waals surface area contributed by atoms with Crippen molar-refractivity contribution in [2.24, 2.45) is 5.92 Å². The maximum absolute atomic E-state index is 12.0. The number of carbonyl (C=O) groups is 1. The monoisotopic (exact) mass is 348 g/mol. The zero-order valence-electron chi connectivity index (χ0n) is 15.9. The van der Waals surface area contributed by atoms with Crippen molar-refractivity contribution in [2.45, 2.75) is 59.2 Å². The van der Waals surface area contributed by atoms with Crippen LogP contribution in [0.4, 0.5) is 4.79 Å². The minimum Gasteiger partial charge on any atom is -0.475 e. The summed E-state index contributed by atoms with van der Waals surface area (Å²) in [6.07, 6.45) is 4.24. The molecule has 1 aromatic rings. The fraction of sp³-hybridized carbons (Fsp3) is 0.684. The molecule has 0 aliphatic carbocycles. The first-order valence-electron chi connectivity index (χ1n) is 9.31. The standard InChI is InChI=1S/C19H32N4O2/c1-14(2)23-9-5-6-17(13-23)12-22-19(24)21-11-16-7-8-18(20-10-16)25-15(3)4/h7-8,10,14-15,17H,5-6,9,11-13H2,1-4H3,(H2,21,22,24)/t17-/m1/s1. The number of nitrogens with zero attached hydrogens (tertiary/aromatic N) is 2. The van der Waals surface area contributed by atoms with Crippen LogP contribution in [-0.2, 0) is 6.54 Å². The lowest BCUT2D eigenvalue weighted by molar-refractivity contribution is 0.139. The number of carbonyl (C=O) groups excluding carboxylic acids is 1. The van der Waals surface area contributed by atoms with Crippen molar-refractivity contribution < 1.29 is 9.53 Å². The minimum atomic E-state index is -0.121. The van der Waals surface area contributed by atoms with E-state index in [-0.39, 0.29) is 12.1 Å². The molecule has 0 aromatic carbocycles. The molecule has 1 aliphatic rings. The average molecular weight is 348 g/mol. The van der Waals surface area contributed by atoms with Gasteiger partial charge in [0.05, 0.1) is 6.10 Å². The Morgan fingerprint density at radius 3 is 2.76 bits per heavy atom. The van der Waals surface area contributed by atoms with Crippen LogP contribution in [0.15, 0.2) is 18.3 Å². The van der Waals surface area contributed by atoms with Gasteiger partial charge in [-0.15, -0.1) is 0 Å². The highest BCUT2D eigenvalue weighted by atomic mass is 16.5. The van der Waals surface area contributed by atoms with Gasteiger partial charge in [0.15, 0.2) is 0 Å². The molecule has 2 heterocycles. The molecule has 1 aliphatic heterocycles. The first-order chi connectivity index (χ1) is 11.9. The molecule has 6 nitrogen and oxygen atoms in total. The molecule has 1 aromatic heterocycles.